The molecule has 0 unspecified atom stereocenters. The van der Waals surface area contributed by atoms with Gasteiger partial charge in [0.25, 0.3) is 0 Å². The van der Waals surface area contributed by atoms with Gasteiger partial charge >= 0.3 is 0 Å². The van der Waals surface area contributed by atoms with E-state index in [2.05, 4.69) is 28.2 Å². The number of amides is 5. The third kappa shape index (κ3) is 13.5. The molecule has 0 aromatic heterocycles. The third-order valence-electron chi connectivity index (χ3n) is 10.6. The second-order valence-corrected chi connectivity index (χ2v) is 15.5. The molecule has 1 aromatic carbocycles. The fourth-order valence-corrected chi connectivity index (χ4v) is 7.29. The van der Waals surface area contributed by atoms with E-state index >= 15 is 0 Å². The van der Waals surface area contributed by atoms with Crippen molar-refractivity contribution in [2.75, 3.05) is 20.2 Å². The summed E-state index contributed by atoms with van der Waals surface area (Å²) in [6.45, 7) is 9.40. The number of carbonyl (C=O) groups is 5. The van der Waals surface area contributed by atoms with E-state index in [1.54, 1.807) is 45.2 Å². The van der Waals surface area contributed by atoms with Crippen LogP contribution in [0.15, 0.2) is 24.3 Å². The van der Waals surface area contributed by atoms with Crippen LogP contribution < -0.4 is 37.5 Å². The van der Waals surface area contributed by atoms with E-state index in [0.29, 0.717) is 25.1 Å². The number of ether oxygens (including phenoxy) is 2. The van der Waals surface area contributed by atoms with E-state index < -0.39 is 66.0 Å². The van der Waals surface area contributed by atoms with Crippen molar-refractivity contribution in [3.05, 3.63) is 29.8 Å². The third-order valence-corrected chi connectivity index (χ3v) is 10.6. The molecule has 1 aliphatic carbocycles. The Kier molecular flexibility index (Phi) is 18.7. The predicted molar refractivity (Wildman–Crippen MR) is 208 cm³/mol. The summed E-state index contributed by atoms with van der Waals surface area (Å²) in [6.07, 6.45) is 7.62. The van der Waals surface area contributed by atoms with Crippen LogP contribution in [-0.4, -0.2) is 91.1 Å². The van der Waals surface area contributed by atoms with Gasteiger partial charge in [0.05, 0.1) is 12.0 Å². The lowest BCUT2D eigenvalue weighted by molar-refractivity contribution is -0.150. The van der Waals surface area contributed by atoms with Crippen LogP contribution in [0.1, 0.15) is 111 Å². The van der Waals surface area contributed by atoms with Gasteiger partial charge in [-0.3, -0.25) is 24.0 Å². The number of hydrogen-bond donors (Lipinski definition) is 6. The van der Waals surface area contributed by atoms with Crippen LogP contribution in [0.2, 0.25) is 0 Å². The first-order chi connectivity index (χ1) is 25.8. The Morgan fingerprint density at radius 2 is 1.48 bits per heavy atom. The minimum Gasteiger partial charge on any atom is -0.491 e. The molecule has 1 heterocycles. The number of carbonyl (C=O) groups excluding carboxylic acids is 5. The van der Waals surface area contributed by atoms with Crippen molar-refractivity contribution in [3.63, 3.8) is 0 Å². The van der Waals surface area contributed by atoms with Crippen molar-refractivity contribution >= 4 is 29.5 Å². The van der Waals surface area contributed by atoms with Crippen LogP contribution in [0.3, 0.4) is 0 Å². The van der Waals surface area contributed by atoms with Crippen molar-refractivity contribution in [1.82, 2.24) is 26.2 Å². The van der Waals surface area contributed by atoms with Crippen LogP contribution in [0.25, 0.3) is 0 Å². The highest BCUT2D eigenvalue weighted by Crippen LogP contribution is 2.28. The van der Waals surface area contributed by atoms with Gasteiger partial charge in [-0.05, 0) is 62.1 Å². The van der Waals surface area contributed by atoms with Gasteiger partial charge < -0.3 is 47.1 Å². The molecule has 2 fully saturated rings. The smallest absolute Gasteiger partial charge is 0.248 e. The average Bonchev–Trinajstić information content (AvgIpc) is 3.16. The van der Waals surface area contributed by atoms with Crippen LogP contribution in [0.4, 0.5) is 0 Å². The van der Waals surface area contributed by atoms with Crippen molar-refractivity contribution < 1.29 is 33.4 Å². The summed E-state index contributed by atoms with van der Waals surface area (Å²) in [5, 5.41) is 11.3. The molecule has 5 amide bonds. The van der Waals surface area contributed by atoms with Gasteiger partial charge in [-0.1, -0.05) is 84.8 Å². The summed E-state index contributed by atoms with van der Waals surface area (Å²) < 4.78 is 12.4. The second-order valence-electron chi connectivity index (χ2n) is 15.5. The van der Waals surface area contributed by atoms with E-state index in [9.17, 15) is 24.0 Å². The molecule has 8 N–H and O–H groups in total. The predicted octanol–water partition coefficient (Wildman–Crippen LogP) is 2.86. The van der Waals surface area contributed by atoms with Gasteiger partial charge in [-0.2, -0.15) is 0 Å². The molecule has 54 heavy (non-hydrogen) atoms. The average molecular weight is 758 g/mol. The molecule has 1 saturated carbocycles. The molecule has 2 aliphatic rings. The van der Waals surface area contributed by atoms with Gasteiger partial charge in [0, 0.05) is 20.1 Å². The largest absolute Gasteiger partial charge is 0.491 e. The zero-order valence-electron chi connectivity index (χ0n) is 33.4. The number of likely N-dealkylation sites (N-methyl/N-ethyl adjacent to an activating group) is 1. The molecule has 1 aliphatic heterocycles. The maximum atomic E-state index is 14.2. The van der Waals surface area contributed by atoms with Crippen LogP contribution in [0, 0.1) is 17.8 Å². The number of nitrogens with two attached hydrogens (primary N) is 2. The number of nitrogens with one attached hydrogen (secondary N) is 4. The SMILES string of the molecule is CCCCCC[C@H]1O[C@@H](C)NC(=O)[C@H](COc2ccc(CN)cc2)NC(=O)[C@H](CN)NC(=O)[C@H](C2CCCCC2)NC(=O)[C@H](CC(C)C)N(C)C(=O)[C@@H]1C. The second kappa shape index (κ2) is 22.6. The number of hydrogen-bond acceptors (Lipinski definition) is 9. The maximum Gasteiger partial charge on any atom is 0.248 e. The van der Waals surface area contributed by atoms with Crippen molar-refractivity contribution in [1.29, 1.82) is 0 Å². The zero-order chi connectivity index (χ0) is 39.8. The van der Waals surface area contributed by atoms with E-state index in [0.717, 1.165) is 63.4 Å². The molecule has 14 nitrogen and oxygen atoms in total. The van der Waals surface area contributed by atoms with Crippen LogP contribution >= 0.6 is 0 Å². The Bertz CT molecular complexity index is 1350. The molecule has 1 aromatic rings. The van der Waals surface area contributed by atoms with E-state index in [4.69, 9.17) is 20.9 Å². The molecular weight excluding hydrogens is 690 g/mol. The quantitative estimate of drug-likeness (QED) is 0.163. The lowest BCUT2D eigenvalue weighted by Crippen LogP contribution is -2.62. The Hall–Kier alpha value is -3.75. The van der Waals surface area contributed by atoms with E-state index in [-0.39, 0.29) is 30.9 Å². The molecule has 3 rings (SSSR count). The first-order valence-corrected chi connectivity index (χ1v) is 20.0. The van der Waals surface area contributed by atoms with Gasteiger partial charge in [0.2, 0.25) is 29.5 Å². The molecule has 0 radical (unpaired) electrons. The Balaban J connectivity index is 2.02. The minimum absolute atomic E-state index is 0.0648. The van der Waals surface area contributed by atoms with Gasteiger partial charge in [-0.15, -0.1) is 0 Å². The van der Waals surface area contributed by atoms with Crippen molar-refractivity contribution in [3.8, 4) is 5.75 Å². The summed E-state index contributed by atoms with van der Waals surface area (Å²) in [4.78, 5) is 71.6. The molecule has 0 bridgehead atoms. The normalized spacial score (nSPS) is 27.4. The number of rotatable bonds is 13. The van der Waals surface area contributed by atoms with Crippen molar-refractivity contribution in [2.24, 2.45) is 29.2 Å². The lowest BCUT2D eigenvalue weighted by Gasteiger charge is -2.36. The summed E-state index contributed by atoms with van der Waals surface area (Å²) in [5.74, 6) is -2.79. The first kappa shape index (κ1) is 44.6. The van der Waals surface area contributed by atoms with Crippen LogP contribution in [0.5, 0.6) is 5.75 Å². The van der Waals surface area contributed by atoms with Gasteiger partial charge in [0.1, 0.15) is 42.8 Å². The first-order valence-electron chi connectivity index (χ1n) is 20.0. The van der Waals surface area contributed by atoms with Crippen LogP contribution in [-0.2, 0) is 35.3 Å². The summed E-state index contributed by atoms with van der Waals surface area (Å²) in [7, 11) is 1.63. The molecule has 1 saturated heterocycles. The highest BCUT2D eigenvalue weighted by Gasteiger charge is 2.39. The summed E-state index contributed by atoms with van der Waals surface area (Å²) in [6, 6.07) is 2.84. The fourth-order valence-electron chi connectivity index (χ4n) is 7.29. The maximum absolute atomic E-state index is 14.2. The standard InChI is InChI=1S/C40H67N7O7/c1-7-8-9-13-16-34-26(4)40(52)47(6)33(21-25(2)3)38(50)46-35(29-14-11-10-12-15-29)39(51)44-31(23-42)36(48)45-32(37(49)43-27(5)54-34)24-53-30-19-17-28(22-41)18-20-30/h17-20,25-27,29,31-35H,7-16,21-24,41-42H2,1-6H3,(H,43,49)(H,44,51)(H,45,48)(H,46,50)/t26-,27+,31+,32+,33+,34-,35+/m1/s1. The highest BCUT2D eigenvalue weighted by molar-refractivity contribution is 5.96. The molecular formula is C40H67N7O7. The highest BCUT2D eigenvalue weighted by atomic mass is 16.5. The van der Waals surface area contributed by atoms with Gasteiger partial charge in [-0.25, -0.2) is 0 Å². The van der Waals surface area contributed by atoms with Gasteiger partial charge in [0.15, 0.2) is 0 Å². The monoisotopic (exact) mass is 758 g/mol. The molecule has 14 heteroatoms. The number of benzene rings is 1. The topological polar surface area (TPSA) is 207 Å². The zero-order valence-corrected chi connectivity index (χ0v) is 33.4. The van der Waals surface area contributed by atoms with Crippen molar-refractivity contribution in [2.45, 2.75) is 148 Å². The Labute approximate surface area is 322 Å². The number of nitrogens with zero attached hydrogens (tertiary/aromatic N) is 1. The Morgan fingerprint density at radius 3 is 2.09 bits per heavy atom. The van der Waals surface area contributed by atoms with E-state index in [1.165, 1.54) is 4.90 Å². The minimum atomic E-state index is -1.21. The molecule has 304 valence electrons. The fraction of sp³-hybridized carbons (Fsp3) is 0.725. The molecule has 7 atom stereocenters. The number of unbranched alkanes of at least 4 members (excludes halogenated alkanes) is 3. The summed E-state index contributed by atoms with van der Waals surface area (Å²) in [5.41, 5.74) is 12.7. The summed E-state index contributed by atoms with van der Waals surface area (Å²) >= 11 is 0. The molecule has 0 spiro atoms. The lowest BCUT2D eigenvalue weighted by atomic mass is 9.83. The Morgan fingerprint density at radius 1 is 0.833 bits per heavy atom. The van der Waals surface area contributed by atoms with E-state index in [1.807, 2.05) is 13.8 Å².